The maximum absolute atomic E-state index is 12.4. The van der Waals surface area contributed by atoms with E-state index in [4.69, 9.17) is 9.47 Å². The van der Waals surface area contributed by atoms with Crippen LogP contribution in [0, 0.1) is 12.8 Å². The molecule has 3 rings (SSSR count). The number of amides is 2. The normalized spacial score (nSPS) is 15.4. The second kappa shape index (κ2) is 8.68. The summed E-state index contributed by atoms with van der Waals surface area (Å²) in [5, 5.41) is 5.75. The van der Waals surface area contributed by atoms with Crippen LogP contribution in [0.15, 0.2) is 42.5 Å². The molecule has 27 heavy (non-hydrogen) atoms. The van der Waals surface area contributed by atoms with Crippen LogP contribution in [-0.4, -0.2) is 38.7 Å². The number of fused-ring (bicyclic) bond motifs is 1. The molecule has 1 heterocycles. The molecule has 6 heteroatoms. The smallest absolute Gasteiger partial charge is 0.255 e. The van der Waals surface area contributed by atoms with Crippen LogP contribution in [0.2, 0.25) is 0 Å². The number of carbonyl (C=O) groups is 2. The molecule has 1 aliphatic rings. The van der Waals surface area contributed by atoms with Crippen molar-refractivity contribution < 1.29 is 19.1 Å². The Bertz CT molecular complexity index is 835. The third kappa shape index (κ3) is 4.86. The fourth-order valence-electron chi connectivity index (χ4n) is 3.05. The number of ether oxygens (including phenoxy) is 2. The van der Waals surface area contributed by atoms with Crippen LogP contribution in [0.5, 0.6) is 5.75 Å². The van der Waals surface area contributed by atoms with Crippen molar-refractivity contribution in [1.29, 1.82) is 0 Å². The van der Waals surface area contributed by atoms with Crippen molar-refractivity contribution in [3.8, 4) is 5.75 Å². The Balaban J connectivity index is 1.66. The minimum atomic E-state index is -0.253. The lowest BCUT2D eigenvalue weighted by molar-refractivity contribution is -0.126. The lowest BCUT2D eigenvalue weighted by atomic mass is 9.95. The second-order valence-electron chi connectivity index (χ2n) is 6.64. The summed E-state index contributed by atoms with van der Waals surface area (Å²) in [6.07, 6.45) is 0.572. The van der Waals surface area contributed by atoms with Gasteiger partial charge in [0.25, 0.3) is 5.91 Å². The highest BCUT2D eigenvalue weighted by atomic mass is 16.5. The van der Waals surface area contributed by atoms with Gasteiger partial charge in [0.2, 0.25) is 5.91 Å². The molecule has 142 valence electrons. The van der Waals surface area contributed by atoms with Crippen molar-refractivity contribution in [2.24, 2.45) is 5.92 Å². The van der Waals surface area contributed by atoms with E-state index < -0.39 is 0 Å². The number of methoxy groups -OCH3 is 1. The second-order valence-corrected chi connectivity index (χ2v) is 6.64. The predicted molar refractivity (Wildman–Crippen MR) is 103 cm³/mol. The van der Waals surface area contributed by atoms with Crippen LogP contribution >= 0.6 is 0 Å². The highest BCUT2D eigenvalue weighted by Gasteiger charge is 2.26. The van der Waals surface area contributed by atoms with Gasteiger partial charge in [0.1, 0.15) is 12.4 Å². The molecule has 1 aliphatic heterocycles. The van der Waals surface area contributed by atoms with E-state index in [1.165, 1.54) is 0 Å². The van der Waals surface area contributed by atoms with Gasteiger partial charge in [0.05, 0.1) is 12.5 Å². The Morgan fingerprint density at radius 1 is 1.22 bits per heavy atom. The third-order valence-corrected chi connectivity index (χ3v) is 4.48. The van der Waals surface area contributed by atoms with Gasteiger partial charge in [-0.3, -0.25) is 9.59 Å². The first-order valence-electron chi connectivity index (χ1n) is 8.97. The molecule has 1 atom stereocenters. The Kier molecular flexibility index (Phi) is 6.08. The van der Waals surface area contributed by atoms with Crippen molar-refractivity contribution in [1.82, 2.24) is 5.32 Å². The van der Waals surface area contributed by atoms with Gasteiger partial charge in [0.15, 0.2) is 0 Å². The molecule has 2 N–H and O–H groups in total. The van der Waals surface area contributed by atoms with Crippen LogP contribution in [0.4, 0.5) is 5.69 Å². The van der Waals surface area contributed by atoms with E-state index in [0.717, 1.165) is 16.9 Å². The van der Waals surface area contributed by atoms with Crippen molar-refractivity contribution in [2.75, 3.05) is 32.2 Å². The molecule has 6 nitrogen and oxygen atoms in total. The summed E-state index contributed by atoms with van der Waals surface area (Å²) < 4.78 is 10.7. The van der Waals surface area contributed by atoms with E-state index in [-0.39, 0.29) is 17.7 Å². The molecule has 0 unspecified atom stereocenters. The van der Waals surface area contributed by atoms with Crippen molar-refractivity contribution >= 4 is 17.5 Å². The first kappa shape index (κ1) is 18.9. The molecular formula is C21H24N2O4. The largest absolute Gasteiger partial charge is 0.492 e. The van der Waals surface area contributed by atoms with E-state index in [0.29, 0.717) is 37.4 Å². The van der Waals surface area contributed by atoms with Crippen LogP contribution in [0.3, 0.4) is 0 Å². The lowest BCUT2D eigenvalue weighted by Crippen LogP contribution is -2.38. The molecule has 2 aromatic carbocycles. The number of hydrogen-bond acceptors (Lipinski definition) is 4. The standard InChI is InChI=1S/C21H24N2O4/c1-14-4-3-5-15(10-14)21(25)23-18-6-7-19-16(12-18)11-17(13-27-19)20(24)22-8-9-26-2/h3-7,10,12,17H,8-9,11,13H2,1-2H3,(H,22,24)(H,23,25)/t17-/m1/s1. The molecule has 0 aromatic heterocycles. The van der Waals surface area contributed by atoms with Crippen molar-refractivity contribution in [2.45, 2.75) is 13.3 Å². The van der Waals surface area contributed by atoms with Crippen LogP contribution < -0.4 is 15.4 Å². The van der Waals surface area contributed by atoms with Crippen molar-refractivity contribution in [3.63, 3.8) is 0 Å². The molecular weight excluding hydrogens is 344 g/mol. The molecule has 0 bridgehead atoms. The Morgan fingerprint density at radius 2 is 2.07 bits per heavy atom. The number of rotatable bonds is 6. The molecule has 0 spiro atoms. The Hall–Kier alpha value is -2.86. The zero-order valence-electron chi connectivity index (χ0n) is 15.6. The maximum atomic E-state index is 12.4. The zero-order valence-corrected chi connectivity index (χ0v) is 15.6. The molecule has 2 amide bonds. The predicted octanol–water partition coefficient (Wildman–Crippen LogP) is 2.56. The van der Waals surface area contributed by atoms with E-state index >= 15 is 0 Å². The highest BCUT2D eigenvalue weighted by Crippen LogP contribution is 2.30. The summed E-state index contributed by atoms with van der Waals surface area (Å²) in [5.41, 5.74) is 3.24. The van der Waals surface area contributed by atoms with Gasteiger partial charge in [0, 0.05) is 24.9 Å². The van der Waals surface area contributed by atoms with Gasteiger partial charge >= 0.3 is 0 Å². The summed E-state index contributed by atoms with van der Waals surface area (Å²) in [5.74, 6) is 0.290. The first-order chi connectivity index (χ1) is 13.1. The first-order valence-corrected chi connectivity index (χ1v) is 8.97. The summed E-state index contributed by atoms with van der Waals surface area (Å²) >= 11 is 0. The van der Waals surface area contributed by atoms with E-state index in [2.05, 4.69) is 10.6 Å². The van der Waals surface area contributed by atoms with E-state index in [1.807, 2.05) is 43.3 Å². The van der Waals surface area contributed by atoms with Gasteiger partial charge in [-0.1, -0.05) is 17.7 Å². The number of anilines is 1. The average molecular weight is 368 g/mol. The molecule has 0 saturated heterocycles. The number of aryl methyl sites for hydroxylation is 1. The van der Waals surface area contributed by atoms with Gasteiger partial charge in [-0.25, -0.2) is 0 Å². The van der Waals surface area contributed by atoms with Crippen LogP contribution in [0.25, 0.3) is 0 Å². The third-order valence-electron chi connectivity index (χ3n) is 4.48. The van der Waals surface area contributed by atoms with E-state index in [9.17, 15) is 9.59 Å². The summed E-state index contributed by atoms with van der Waals surface area (Å²) in [6, 6.07) is 13.0. The molecule has 0 aliphatic carbocycles. The summed E-state index contributed by atoms with van der Waals surface area (Å²) in [7, 11) is 1.60. The quantitative estimate of drug-likeness (QED) is 0.769. The highest BCUT2D eigenvalue weighted by molar-refractivity contribution is 6.04. The van der Waals surface area contributed by atoms with Crippen LogP contribution in [-0.2, 0) is 16.0 Å². The Morgan fingerprint density at radius 3 is 2.85 bits per heavy atom. The molecule has 0 fully saturated rings. The summed E-state index contributed by atoms with van der Waals surface area (Å²) in [6.45, 7) is 3.25. The minimum absolute atomic E-state index is 0.0492. The number of benzene rings is 2. The number of carbonyl (C=O) groups excluding carboxylic acids is 2. The van der Waals surface area contributed by atoms with E-state index in [1.54, 1.807) is 13.2 Å². The number of nitrogens with one attached hydrogen (secondary N) is 2. The average Bonchev–Trinajstić information content (AvgIpc) is 2.67. The maximum Gasteiger partial charge on any atom is 0.255 e. The van der Waals surface area contributed by atoms with Gasteiger partial charge in [-0.2, -0.15) is 0 Å². The topological polar surface area (TPSA) is 76.7 Å². The lowest BCUT2D eigenvalue weighted by Gasteiger charge is -2.25. The Labute approximate surface area is 158 Å². The summed E-state index contributed by atoms with van der Waals surface area (Å²) in [4.78, 5) is 24.7. The molecule has 2 aromatic rings. The molecule has 0 saturated carbocycles. The SMILES string of the molecule is COCCNC(=O)[C@H]1COc2ccc(NC(=O)c3cccc(C)c3)cc2C1. The van der Waals surface area contributed by atoms with Gasteiger partial charge in [-0.15, -0.1) is 0 Å². The minimum Gasteiger partial charge on any atom is -0.492 e. The van der Waals surface area contributed by atoms with Gasteiger partial charge in [-0.05, 0) is 49.2 Å². The fraction of sp³-hybridized carbons (Fsp3) is 0.333. The van der Waals surface area contributed by atoms with Crippen LogP contribution in [0.1, 0.15) is 21.5 Å². The molecule has 0 radical (unpaired) electrons. The number of hydrogen-bond donors (Lipinski definition) is 2. The van der Waals surface area contributed by atoms with Crippen molar-refractivity contribution in [3.05, 3.63) is 59.2 Å². The van der Waals surface area contributed by atoms with Gasteiger partial charge < -0.3 is 20.1 Å². The monoisotopic (exact) mass is 368 g/mol. The zero-order chi connectivity index (χ0) is 19.2. The fourth-order valence-corrected chi connectivity index (χ4v) is 3.05.